The molecule has 0 saturated carbocycles. The predicted octanol–water partition coefficient (Wildman–Crippen LogP) is 2.15. The molecule has 0 spiro atoms. The molecule has 0 radical (unpaired) electrons. The van der Waals surface area contributed by atoms with Crippen LogP contribution in [0.1, 0.15) is 34.3 Å². The summed E-state index contributed by atoms with van der Waals surface area (Å²) >= 11 is 0. The van der Waals surface area contributed by atoms with Crippen LogP contribution in [0.5, 0.6) is 11.5 Å². The van der Waals surface area contributed by atoms with E-state index < -0.39 is 0 Å². The highest BCUT2D eigenvalue weighted by Gasteiger charge is 2.24. The monoisotopic (exact) mass is 437 g/mol. The molecule has 1 N–H and O–H groups in total. The Morgan fingerprint density at radius 1 is 0.969 bits per heavy atom. The van der Waals surface area contributed by atoms with E-state index in [-0.39, 0.29) is 24.3 Å². The number of hydrogen-bond acceptors (Lipinski definition) is 5. The molecule has 2 heterocycles. The molecule has 32 heavy (non-hydrogen) atoms. The number of nitrogens with zero attached hydrogens (tertiary/aromatic N) is 2. The number of methoxy groups -OCH3 is 2. The van der Waals surface area contributed by atoms with Crippen molar-refractivity contribution in [2.45, 2.75) is 25.8 Å². The van der Waals surface area contributed by atoms with Crippen molar-refractivity contribution in [2.24, 2.45) is 0 Å². The Labute approximate surface area is 187 Å². The van der Waals surface area contributed by atoms with Gasteiger partial charge in [-0.2, -0.15) is 0 Å². The minimum absolute atomic E-state index is 0.0756. The van der Waals surface area contributed by atoms with Gasteiger partial charge in [0.25, 0.3) is 5.91 Å². The lowest BCUT2D eigenvalue weighted by Crippen LogP contribution is -2.42. The third kappa shape index (κ3) is 4.39. The third-order valence-corrected chi connectivity index (χ3v) is 5.99. The predicted molar refractivity (Wildman–Crippen MR) is 119 cm³/mol. The molecule has 0 unspecified atom stereocenters. The van der Waals surface area contributed by atoms with Gasteiger partial charge in [0, 0.05) is 37.3 Å². The lowest BCUT2D eigenvalue weighted by molar-refractivity contribution is -0.131. The van der Waals surface area contributed by atoms with E-state index in [0.717, 1.165) is 23.2 Å². The standard InChI is InChI=1S/C24H27N3O5/c1-31-20-12-17-9-11-26(15-18(17)13-21(20)32-2)23(29)14-25-24(30)16-5-7-19(8-6-16)27-10-3-4-22(27)28/h5-8,12-13H,3-4,9-11,14-15H2,1-2H3,(H,25,30). The highest BCUT2D eigenvalue weighted by molar-refractivity contribution is 5.98. The van der Waals surface area contributed by atoms with Crippen LogP contribution in [-0.4, -0.2) is 56.5 Å². The van der Waals surface area contributed by atoms with Crippen LogP contribution in [0.25, 0.3) is 0 Å². The van der Waals surface area contributed by atoms with Crippen molar-refractivity contribution in [3.8, 4) is 11.5 Å². The second kappa shape index (κ2) is 9.30. The quantitative estimate of drug-likeness (QED) is 0.748. The number of rotatable bonds is 6. The number of carbonyl (C=O) groups excluding carboxylic acids is 3. The molecule has 8 nitrogen and oxygen atoms in total. The summed E-state index contributed by atoms with van der Waals surface area (Å²) in [5.74, 6) is 0.956. The molecule has 0 bridgehead atoms. The second-order valence-electron chi connectivity index (χ2n) is 7.92. The number of nitrogens with one attached hydrogen (secondary N) is 1. The largest absolute Gasteiger partial charge is 0.493 e. The number of benzene rings is 2. The molecule has 0 aliphatic carbocycles. The van der Waals surface area contributed by atoms with Crippen molar-refractivity contribution in [3.63, 3.8) is 0 Å². The molecule has 2 aliphatic rings. The molecule has 1 saturated heterocycles. The molecular formula is C24H27N3O5. The van der Waals surface area contributed by atoms with Crippen LogP contribution in [0, 0.1) is 0 Å². The van der Waals surface area contributed by atoms with Gasteiger partial charge in [-0.05, 0) is 60.4 Å². The minimum atomic E-state index is -0.318. The Balaban J connectivity index is 1.34. The van der Waals surface area contributed by atoms with Gasteiger partial charge in [-0.1, -0.05) is 0 Å². The Hall–Kier alpha value is -3.55. The smallest absolute Gasteiger partial charge is 0.251 e. The van der Waals surface area contributed by atoms with Crippen LogP contribution in [-0.2, 0) is 22.6 Å². The average molecular weight is 437 g/mol. The van der Waals surface area contributed by atoms with Crippen molar-refractivity contribution < 1.29 is 23.9 Å². The summed E-state index contributed by atoms with van der Waals surface area (Å²) in [6.07, 6.45) is 2.13. The number of fused-ring (bicyclic) bond motifs is 1. The molecule has 2 aromatic rings. The van der Waals surface area contributed by atoms with Crippen molar-refractivity contribution in [2.75, 3.05) is 38.8 Å². The number of amides is 3. The van der Waals surface area contributed by atoms with E-state index in [2.05, 4.69) is 5.32 Å². The van der Waals surface area contributed by atoms with E-state index in [9.17, 15) is 14.4 Å². The van der Waals surface area contributed by atoms with E-state index in [1.54, 1.807) is 48.3 Å². The SMILES string of the molecule is COc1cc2c(cc1OC)CN(C(=O)CNC(=O)c1ccc(N3CCCC3=O)cc1)CC2. The first-order valence-electron chi connectivity index (χ1n) is 10.7. The minimum Gasteiger partial charge on any atom is -0.493 e. The molecule has 168 valence electrons. The fourth-order valence-electron chi connectivity index (χ4n) is 4.18. The van der Waals surface area contributed by atoms with Gasteiger partial charge in [-0.25, -0.2) is 0 Å². The summed E-state index contributed by atoms with van der Waals surface area (Å²) in [7, 11) is 3.19. The second-order valence-corrected chi connectivity index (χ2v) is 7.92. The normalized spacial score (nSPS) is 15.4. The van der Waals surface area contributed by atoms with Crippen LogP contribution in [0.15, 0.2) is 36.4 Å². The van der Waals surface area contributed by atoms with E-state index in [1.807, 2.05) is 12.1 Å². The van der Waals surface area contributed by atoms with Crippen LogP contribution in [0.4, 0.5) is 5.69 Å². The van der Waals surface area contributed by atoms with Gasteiger partial charge in [0.05, 0.1) is 20.8 Å². The molecule has 0 aromatic heterocycles. The van der Waals surface area contributed by atoms with Gasteiger partial charge < -0.3 is 24.6 Å². The van der Waals surface area contributed by atoms with Crippen molar-refractivity contribution in [1.29, 1.82) is 0 Å². The summed E-state index contributed by atoms with van der Waals surface area (Å²) in [5, 5.41) is 2.70. The van der Waals surface area contributed by atoms with Crippen molar-refractivity contribution in [3.05, 3.63) is 53.1 Å². The van der Waals surface area contributed by atoms with E-state index in [0.29, 0.717) is 49.5 Å². The summed E-state index contributed by atoms with van der Waals surface area (Å²) in [4.78, 5) is 40.5. The zero-order valence-corrected chi connectivity index (χ0v) is 18.3. The molecule has 8 heteroatoms. The van der Waals surface area contributed by atoms with Crippen LogP contribution < -0.4 is 19.7 Å². The highest BCUT2D eigenvalue weighted by atomic mass is 16.5. The molecule has 4 rings (SSSR count). The number of ether oxygens (including phenoxy) is 2. The molecule has 2 aliphatic heterocycles. The van der Waals surface area contributed by atoms with Gasteiger partial charge in [-0.15, -0.1) is 0 Å². The maximum absolute atomic E-state index is 12.7. The maximum Gasteiger partial charge on any atom is 0.251 e. The van der Waals surface area contributed by atoms with Gasteiger partial charge in [0.2, 0.25) is 11.8 Å². The lowest BCUT2D eigenvalue weighted by atomic mass is 9.98. The summed E-state index contributed by atoms with van der Waals surface area (Å²) < 4.78 is 10.7. The van der Waals surface area contributed by atoms with Crippen molar-refractivity contribution >= 4 is 23.4 Å². The van der Waals surface area contributed by atoms with E-state index >= 15 is 0 Å². The molecule has 1 fully saturated rings. The summed E-state index contributed by atoms with van der Waals surface area (Å²) in [6.45, 7) is 1.67. The topological polar surface area (TPSA) is 88.2 Å². The summed E-state index contributed by atoms with van der Waals surface area (Å²) in [5.41, 5.74) is 3.39. The average Bonchev–Trinajstić information content (AvgIpc) is 3.26. The molecular weight excluding hydrogens is 410 g/mol. The van der Waals surface area contributed by atoms with E-state index in [4.69, 9.17) is 9.47 Å². The molecule has 2 aromatic carbocycles. The first kappa shape index (κ1) is 21.7. The van der Waals surface area contributed by atoms with Crippen molar-refractivity contribution in [1.82, 2.24) is 10.2 Å². The summed E-state index contributed by atoms with van der Waals surface area (Å²) in [6, 6.07) is 10.7. The zero-order valence-electron chi connectivity index (χ0n) is 18.3. The van der Waals surface area contributed by atoms with Gasteiger partial charge in [0.1, 0.15) is 0 Å². The Morgan fingerprint density at radius 3 is 2.28 bits per heavy atom. The third-order valence-electron chi connectivity index (χ3n) is 5.99. The fraction of sp³-hybridized carbons (Fsp3) is 0.375. The van der Waals surface area contributed by atoms with E-state index in [1.165, 1.54) is 0 Å². The fourth-order valence-corrected chi connectivity index (χ4v) is 4.18. The first-order valence-corrected chi connectivity index (χ1v) is 10.7. The highest BCUT2D eigenvalue weighted by Crippen LogP contribution is 2.33. The molecule has 3 amide bonds. The number of hydrogen-bond donors (Lipinski definition) is 1. The van der Waals surface area contributed by atoms with Gasteiger partial charge in [-0.3, -0.25) is 14.4 Å². The van der Waals surface area contributed by atoms with Gasteiger partial charge >= 0.3 is 0 Å². The van der Waals surface area contributed by atoms with Gasteiger partial charge in [0.15, 0.2) is 11.5 Å². The zero-order chi connectivity index (χ0) is 22.7. The Bertz CT molecular complexity index is 1030. The number of carbonyl (C=O) groups is 3. The molecule has 0 atom stereocenters. The van der Waals surface area contributed by atoms with Crippen LogP contribution >= 0.6 is 0 Å². The Morgan fingerprint density at radius 2 is 1.66 bits per heavy atom. The van der Waals surface area contributed by atoms with Crippen LogP contribution in [0.2, 0.25) is 0 Å². The number of anilines is 1. The first-order chi connectivity index (χ1) is 15.5. The Kier molecular flexibility index (Phi) is 6.30. The van der Waals surface area contributed by atoms with Crippen LogP contribution in [0.3, 0.4) is 0 Å². The maximum atomic E-state index is 12.7. The lowest BCUT2D eigenvalue weighted by Gasteiger charge is -2.29.